The van der Waals surface area contributed by atoms with Gasteiger partial charge in [-0.05, 0) is 87.1 Å². The van der Waals surface area contributed by atoms with Crippen LogP contribution < -0.4 is 4.74 Å². The van der Waals surface area contributed by atoms with E-state index in [-0.39, 0.29) is 12.1 Å². The van der Waals surface area contributed by atoms with Crippen molar-refractivity contribution in [2.75, 3.05) is 0 Å². The van der Waals surface area contributed by atoms with Gasteiger partial charge in [0.25, 0.3) is 11.5 Å². The molecule has 1 aliphatic rings. The van der Waals surface area contributed by atoms with Crippen LogP contribution in [0, 0.1) is 41.5 Å². The molecule has 1 heterocycles. The highest BCUT2D eigenvalue weighted by Crippen LogP contribution is 2.42. The number of nitrogens with zero attached hydrogens (tertiary/aromatic N) is 2. The Morgan fingerprint density at radius 1 is 0.533 bits per heavy atom. The van der Waals surface area contributed by atoms with Crippen molar-refractivity contribution >= 4 is 18.9 Å². The number of fused-ring (bicyclic) bond motifs is 2. The van der Waals surface area contributed by atoms with E-state index in [4.69, 9.17) is 19.1 Å². The van der Waals surface area contributed by atoms with E-state index in [1.165, 1.54) is 51.0 Å². The fourth-order valence-corrected chi connectivity index (χ4v) is 5.78. The Morgan fingerprint density at radius 2 is 0.933 bits per heavy atom. The molecule has 1 aliphatic heterocycles. The lowest BCUT2D eigenvalue weighted by atomic mass is 9.84. The van der Waals surface area contributed by atoms with E-state index in [1.807, 2.05) is 103 Å². The van der Waals surface area contributed by atoms with E-state index in [0.717, 1.165) is 11.1 Å². The van der Waals surface area contributed by atoms with Gasteiger partial charge in [-0.2, -0.15) is 0 Å². The van der Waals surface area contributed by atoms with Gasteiger partial charge in [0.05, 0.1) is 11.1 Å². The maximum Gasteiger partial charge on any atom is 0.485 e. The molecule has 0 amide bonds. The first-order valence-corrected chi connectivity index (χ1v) is 16.4. The molecule has 4 aromatic rings. The Morgan fingerprint density at radius 3 is 1.42 bits per heavy atom. The third-order valence-corrected chi connectivity index (χ3v) is 7.30. The first-order valence-electron chi connectivity index (χ1n) is 16.4. The molecule has 4 heteroatoms. The zero-order chi connectivity index (χ0) is 33.5. The van der Waals surface area contributed by atoms with Crippen LogP contribution in [0.1, 0.15) is 109 Å². The molecule has 2 atom stereocenters. The largest absolute Gasteiger partial charge is 0.485 e. The van der Waals surface area contributed by atoms with Gasteiger partial charge in [0.1, 0.15) is 12.1 Å². The Bertz CT molecular complexity index is 1570. The topological polar surface area (TPSA) is 45.2 Å². The van der Waals surface area contributed by atoms with Gasteiger partial charge in [-0.15, -0.1) is 0 Å². The lowest BCUT2D eigenvalue weighted by Crippen LogP contribution is -2.15. The smallest absolute Gasteiger partial charge is 0.282 e. The molecule has 4 nitrogen and oxygen atoms in total. The molecule has 0 fully saturated rings. The molecule has 0 radical (unpaired) electrons. The van der Waals surface area contributed by atoms with Gasteiger partial charge in [0.15, 0.2) is 0 Å². The molecule has 0 spiro atoms. The molecule has 0 aliphatic carbocycles. The van der Waals surface area contributed by atoms with Crippen LogP contribution >= 0.6 is 0 Å². The normalized spacial score (nSPS) is 15.0. The van der Waals surface area contributed by atoms with Crippen LogP contribution in [0.15, 0.2) is 82.8 Å². The summed E-state index contributed by atoms with van der Waals surface area (Å²) in [6.45, 7) is 26.4. The van der Waals surface area contributed by atoms with E-state index < -0.39 is 0 Å². The summed E-state index contributed by atoms with van der Waals surface area (Å²) < 4.78 is 11.9. The second kappa shape index (κ2) is 18.5. The summed E-state index contributed by atoms with van der Waals surface area (Å²) >= 11 is 0. The van der Waals surface area contributed by atoms with Crippen molar-refractivity contribution in [2.45, 2.75) is 95.2 Å². The summed E-state index contributed by atoms with van der Waals surface area (Å²) in [7, 11) is 0. The minimum absolute atomic E-state index is 0.257. The Labute approximate surface area is 272 Å². The van der Waals surface area contributed by atoms with E-state index in [9.17, 15) is 0 Å². The molecule has 4 aromatic carbocycles. The van der Waals surface area contributed by atoms with E-state index in [1.54, 1.807) is 0 Å². The van der Waals surface area contributed by atoms with Gasteiger partial charge in [-0.3, -0.25) is 19.1 Å². The monoisotopic (exact) mass is 605 g/mol. The molecule has 0 bridgehead atoms. The number of hydrogen-bond donors (Lipinski definition) is 0. The fraction of sp³-hybridized carbons (Fsp3) is 0.341. The van der Waals surface area contributed by atoms with Crippen molar-refractivity contribution in [1.29, 1.82) is 0 Å². The van der Waals surface area contributed by atoms with Gasteiger partial charge < -0.3 is 0 Å². The molecule has 238 valence electrons. The van der Waals surface area contributed by atoms with Gasteiger partial charge in [0, 0.05) is 24.6 Å². The Balaban J connectivity index is 0.00000111. The van der Waals surface area contributed by atoms with Crippen LogP contribution in [-0.4, -0.2) is 18.9 Å². The molecular weight excluding hydrogens is 552 g/mol. The quantitative estimate of drug-likeness (QED) is 0.166. The number of aliphatic imine (C=N–C) groups is 2. The molecule has 45 heavy (non-hydrogen) atoms. The zero-order valence-corrected chi connectivity index (χ0v) is 29.5. The predicted octanol–water partition coefficient (Wildman–Crippen LogP) is 11.4. The molecule has 0 saturated heterocycles. The van der Waals surface area contributed by atoms with Gasteiger partial charge in [-0.25, -0.2) is 0 Å². The zero-order valence-electron chi connectivity index (χ0n) is 29.5. The second-order valence-corrected chi connectivity index (χ2v) is 10.5. The predicted molar refractivity (Wildman–Crippen MR) is 195 cm³/mol. The molecule has 1 unspecified atom stereocenters. The first-order chi connectivity index (χ1) is 21.8. The Kier molecular flexibility index (Phi) is 15.2. The number of aryl methyl sites for hydroxylation is 6. The van der Waals surface area contributed by atoms with Gasteiger partial charge in [-0.1, -0.05) is 101 Å². The number of ether oxygens (including phenoxy) is 1. The van der Waals surface area contributed by atoms with Crippen molar-refractivity contribution < 1.29 is 9.16 Å². The van der Waals surface area contributed by atoms with Gasteiger partial charge in [0.2, 0.25) is 0 Å². The number of para-hydroxylation sites is 2. The van der Waals surface area contributed by atoms with E-state index in [0.29, 0.717) is 11.5 Å². The maximum absolute atomic E-state index is 5.94. The lowest BCUT2D eigenvalue weighted by Gasteiger charge is -2.28. The summed E-state index contributed by atoms with van der Waals surface area (Å²) in [6.07, 6.45) is 3.83. The second-order valence-electron chi connectivity index (χ2n) is 10.5. The molecule has 0 N–H and O–H groups in total. The van der Waals surface area contributed by atoms with Crippen molar-refractivity contribution in [3.05, 3.63) is 128 Å². The standard InChI is InChI=1S/C35H35N2O2.3C2H6/c1-22-15-24(3)32(25(4)16-22)34-35(33-26(5)17-23(2)18-27(33)6)37-20-29-12-8-10-14-31(29)39-21-38-30-13-9-7-11-28(30)19-36-34;3*1-2/h7-21,34-35H,1-6H3;3*1-2H3/q+1;;;/t34-,35?;;;/m1.../s1. The first kappa shape index (κ1) is 36.9. The maximum atomic E-state index is 5.94. The van der Waals surface area contributed by atoms with Crippen molar-refractivity contribution in [3.8, 4) is 11.5 Å². The number of benzene rings is 4. The van der Waals surface area contributed by atoms with Crippen LogP contribution in [-0.2, 0) is 4.42 Å². The van der Waals surface area contributed by atoms with Crippen LogP contribution in [0.3, 0.4) is 0 Å². The highest BCUT2D eigenvalue weighted by atomic mass is 16.6. The third kappa shape index (κ3) is 9.34. The average Bonchev–Trinajstić information content (AvgIpc) is 3.04. The van der Waals surface area contributed by atoms with Crippen LogP contribution in [0.5, 0.6) is 11.5 Å². The summed E-state index contributed by atoms with van der Waals surface area (Å²) in [5.74, 6) is 1.35. The molecule has 5 rings (SSSR count). The number of carbonyl (C=O) groups excluding carboxylic acids is 1. The van der Waals surface area contributed by atoms with Crippen molar-refractivity contribution in [3.63, 3.8) is 0 Å². The van der Waals surface area contributed by atoms with Crippen LogP contribution in [0.25, 0.3) is 0 Å². The highest BCUT2D eigenvalue weighted by molar-refractivity contribution is 5.85. The highest BCUT2D eigenvalue weighted by Gasteiger charge is 2.29. The van der Waals surface area contributed by atoms with Crippen molar-refractivity contribution in [1.82, 2.24) is 0 Å². The number of rotatable bonds is 2. The fourth-order valence-electron chi connectivity index (χ4n) is 5.78. The average molecular weight is 606 g/mol. The Hall–Kier alpha value is -4.31. The van der Waals surface area contributed by atoms with Gasteiger partial charge >= 0.3 is 6.47 Å². The summed E-state index contributed by atoms with van der Waals surface area (Å²) in [4.78, 5) is 10.6. The minimum atomic E-state index is -0.257. The lowest BCUT2D eigenvalue weighted by molar-refractivity contribution is -0.369. The molecule has 0 saturated carbocycles. The van der Waals surface area contributed by atoms with Crippen LogP contribution in [0.4, 0.5) is 0 Å². The summed E-state index contributed by atoms with van der Waals surface area (Å²) in [5.41, 5.74) is 11.5. The molecular formula is C41H53N2O2+. The minimum Gasteiger partial charge on any atom is -0.282 e. The van der Waals surface area contributed by atoms with Crippen molar-refractivity contribution in [2.24, 2.45) is 9.98 Å². The number of hydrogen-bond acceptors (Lipinski definition) is 3. The third-order valence-electron chi connectivity index (χ3n) is 7.30. The molecule has 0 aromatic heterocycles. The summed E-state index contributed by atoms with van der Waals surface area (Å²) in [6, 6.07) is 24.2. The van der Waals surface area contributed by atoms with E-state index >= 15 is 0 Å². The SMILES string of the molecule is CC.CC.CC.Cc1cc(C)c(C2N=Cc3ccccc3[O+]=COc3ccccc3C=N[C@@H]2c2c(C)cc(C)cc2C)c(C)c1. The summed E-state index contributed by atoms with van der Waals surface area (Å²) in [5, 5.41) is 0. The van der Waals surface area contributed by atoms with Crippen LogP contribution in [0.2, 0.25) is 0 Å². The van der Waals surface area contributed by atoms with E-state index in [2.05, 4.69) is 65.8 Å².